The maximum absolute atomic E-state index is 11.1. The molecule has 1 aliphatic carbocycles. The van der Waals surface area contributed by atoms with E-state index in [9.17, 15) is 4.79 Å². The van der Waals surface area contributed by atoms with Crippen molar-refractivity contribution in [1.29, 1.82) is 0 Å². The van der Waals surface area contributed by atoms with Gasteiger partial charge in [0.2, 0.25) is 0 Å². The topological polar surface area (TPSA) is 75.3 Å². The van der Waals surface area contributed by atoms with Crippen molar-refractivity contribution in [3.8, 4) is 0 Å². The summed E-state index contributed by atoms with van der Waals surface area (Å²) in [5.41, 5.74) is 6.94. The van der Waals surface area contributed by atoms with E-state index in [0.717, 1.165) is 25.7 Å². The molecule has 1 aromatic rings. The highest BCUT2D eigenvalue weighted by Crippen LogP contribution is 2.23. The minimum absolute atomic E-state index is 0.234. The fourth-order valence-electron chi connectivity index (χ4n) is 2.37. The van der Waals surface area contributed by atoms with Gasteiger partial charge in [-0.1, -0.05) is 12.1 Å². The van der Waals surface area contributed by atoms with E-state index < -0.39 is 5.97 Å². The normalized spacial score (nSPS) is 24.3. The summed E-state index contributed by atoms with van der Waals surface area (Å²) >= 11 is 0. The van der Waals surface area contributed by atoms with E-state index in [2.05, 4.69) is 5.32 Å². The Morgan fingerprint density at radius 3 is 2.82 bits per heavy atom. The standard InChI is InChI=1S/C13H18N2O2/c14-9-4-3-5-10(8-9)15-12-7-2-1-6-11(12)13(16)17/h1-2,6-7,9-10,15H,3-5,8,14H2,(H,16,17). The Balaban J connectivity index is 2.10. The van der Waals surface area contributed by atoms with Crippen LogP contribution in [0, 0.1) is 0 Å². The SMILES string of the molecule is NC1CCCC(Nc2ccccc2C(=O)O)C1. The second-order valence-corrected chi connectivity index (χ2v) is 4.62. The Morgan fingerprint density at radius 1 is 1.35 bits per heavy atom. The van der Waals surface area contributed by atoms with Crippen LogP contribution in [0.15, 0.2) is 24.3 Å². The summed E-state index contributed by atoms with van der Waals surface area (Å²) in [6, 6.07) is 7.54. The van der Waals surface area contributed by atoms with Gasteiger partial charge in [0.05, 0.1) is 5.56 Å². The Morgan fingerprint density at radius 2 is 2.12 bits per heavy atom. The molecule has 0 radical (unpaired) electrons. The number of aromatic carboxylic acids is 1. The molecule has 17 heavy (non-hydrogen) atoms. The quantitative estimate of drug-likeness (QED) is 0.748. The summed E-state index contributed by atoms with van der Waals surface area (Å²) in [6.07, 6.45) is 4.14. The molecule has 4 nitrogen and oxygen atoms in total. The maximum atomic E-state index is 11.1. The lowest BCUT2D eigenvalue weighted by Gasteiger charge is -2.28. The number of para-hydroxylation sites is 1. The predicted molar refractivity (Wildman–Crippen MR) is 67.3 cm³/mol. The largest absolute Gasteiger partial charge is 0.478 e. The smallest absolute Gasteiger partial charge is 0.337 e. The molecule has 0 amide bonds. The zero-order valence-corrected chi connectivity index (χ0v) is 9.73. The first-order valence-electron chi connectivity index (χ1n) is 6.01. The molecule has 1 aromatic carbocycles. The van der Waals surface area contributed by atoms with Crippen LogP contribution in [0.5, 0.6) is 0 Å². The van der Waals surface area contributed by atoms with Crippen LogP contribution in [0.2, 0.25) is 0 Å². The van der Waals surface area contributed by atoms with Crippen LogP contribution >= 0.6 is 0 Å². The summed E-state index contributed by atoms with van der Waals surface area (Å²) in [6.45, 7) is 0. The minimum Gasteiger partial charge on any atom is -0.478 e. The predicted octanol–water partition coefficient (Wildman–Crippen LogP) is 2.07. The van der Waals surface area contributed by atoms with Crippen molar-refractivity contribution in [1.82, 2.24) is 0 Å². The van der Waals surface area contributed by atoms with Gasteiger partial charge in [-0.2, -0.15) is 0 Å². The van der Waals surface area contributed by atoms with E-state index in [-0.39, 0.29) is 6.04 Å². The molecule has 2 atom stereocenters. The Hall–Kier alpha value is -1.55. The Bertz CT molecular complexity index is 406. The van der Waals surface area contributed by atoms with Crippen molar-refractivity contribution in [2.75, 3.05) is 5.32 Å². The monoisotopic (exact) mass is 234 g/mol. The molecule has 0 aliphatic heterocycles. The lowest BCUT2D eigenvalue weighted by Crippen LogP contribution is -2.35. The maximum Gasteiger partial charge on any atom is 0.337 e. The van der Waals surface area contributed by atoms with Gasteiger partial charge in [0, 0.05) is 17.8 Å². The number of rotatable bonds is 3. The summed E-state index contributed by atoms with van der Waals surface area (Å²) in [5.74, 6) is -0.895. The van der Waals surface area contributed by atoms with Crippen LogP contribution in [0.1, 0.15) is 36.0 Å². The molecule has 2 unspecified atom stereocenters. The number of hydrogen-bond donors (Lipinski definition) is 3. The van der Waals surface area contributed by atoms with E-state index in [1.54, 1.807) is 12.1 Å². The number of carbonyl (C=O) groups is 1. The average molecular weight is 234 g/mol. The molecule has 0 saturated heterocycles. The lowest BCUT2D eigenvalue weighted by molar-refractivity contribution is 0.0698. The molecule has 2 rings (SSSR count). The molecule has 92 valence electrons. The van der Waals surface area contributed by atoms with Crippen LogP contribution < -0.4 is 11.1 Å². The highest BCUT2D eigenvalue weighted by Gasteiger charge is 2.20. The number of carboxylic acids is 1. The molecule has 1 aliphatic rings. The third-order valence-corrected chi connectivity index (χ3v) is 3.23. The number of nitrogens with one attached hydrogen (secondary N) is 1. The molecule has 0 heterocycles. The van der Waals surface area contributed by atoms with Gasteiger partial charge in [-0.25, -0.2) is 4.79 Å². The van der Waals surface area contributed by atoms with Gasteiger partial charge in [-0.3, -0.25) is 0 Å². The van der Waals surface area contributed by atoms with E-state index >= 15 is 0 Å². The van der Waals surface area contributed by atoms with Gasteiger partial charge in [-0.05, 0) is 37.8 Å². The second-order valence-electron chi connectivity index (χ2n) is 4.62. The van der Waals surface area contributed by atoms with Gasteiger partial charge in [0.1, 0.15) is 0 Å². The van der Waals surface area contributed by atoms with Crippen molar-refractivity contribution in [3.63, 3.8) is 0 Å². The van der Waals surface area contributed by atoms with Crippen LogP contribution in [0.4, 0.5) is 5.69 Å². The molecular weight excluding hydrogens is 216 g/mol. The first-order valence-corrected chi connectivity index (χ1v) is 6.01. The Kier molecular flexibility index (Phi) is 3.64. The van der Waals surface area contributed by atoms with Gasteiger partial charge >= 0.3 is 5.97 Å². The van der Waals surface area contributed by atoms with E-state index in [1.807, 2.05) is 12.1 Å². The first-order chi connectivity index (χ1) is 8.16. The molecule has 0 aromatic heterocycles. The minimum atomic E-state index is -0.895. The highest BCUT2D eigenvalue weighted by molar-refractivity contribution is 5.94. The highest BCUT2D eigenvalue weighted by atomic mass is 16.4. The third-order valence-electron chi connectivity index (χ3n) is 3.23. The van der Waals surface area contributed by atoms with Crippen molar-refractivity contribution in [3.05, 3.63) is 29.8 Å². The van der Waals surface area contributed by atoms with Gasteiger partial charge < -0.3 is 16.2 Å². The van der Waals surface area contributed by atoms with E-state index in [1.165, 1.54) is 0 Å². The second kappa shape index (κ2) is 5.19. The van der Waals surface area contributed by atoms with Gasteiger partial charge in [0.15, 0.2) is 0 Å². The van der Waals surface area contributed by atoms with Gasteiger partial charge in [-0.15, -0.1) is 0 Å². The lowest BCUT2D eigenvalue weighted by atomic mass is 9.91. The van der Waals surface area contributed by atoms with Crippen LogP contribution in [0.3, 0.4) is 0 Å². The molecule has 1 fully saturated rings. The van der Waals surface area contributed by atoms with Gasteiger partial charge in [0.25, 0.3) is 0 Å². The van der Waals surface area contributed by atoms with Crippen molar-refractivity contribution in [2.24, 2.45) is 5.73 Å². The third kappa shape index (κ3) is 2.97. The number of anilines is 1. The molecule has 4 heteroatoms. The first kappa shape index (κ1) is 11.9. The van der Waals surface area contributed by atoms with Crippen molar-refractivity contribution < 1.29 is 9.90 Å². The zero-order chi connectivity index (χ0) is 12.3. The van der Waals surface area contributed by atoms with Crippen LogP contribution in [0.25, 0.3) is 0 Å². The average Bonchev–Trinajstić information content (AvgIpc) is 2.29. The summed E-state index contributed by atoms with van der Waals surface area (Å²) < 4.78 is 0. The fraction of sp³-hybridized carbons (Fsp3) is 0.462. The van der Waals surface area contributed by atoms with E-state index in [4.69, 9.17) is 10.8 Å². The van der Waals surface area contributed by atoms with E-state index in [0.29, 0.717) is 17.3 Å². The van der Waals surface area contributed by atoms with Crippen molar-refractivity contribution >= 4 is 11.7 Å². The molecule has 0 spiro atoms. The zero-order valence-electron chi connectivity index (χ0n) is 9.73. The fourth-order valence-corrected chi connectivity index (χ4v) is 2.37. The molecule has 4 N–H and O–H groups in total. The number of nitrogens with two attached hydrogens (primary N) is 1. The summed E-state index contributed by atoms with van der Waals surface area (Å²) in [5, 5.41) is 12.4. The Labute approximate surface area is 101 Å². The molecule has 0 bridgehead atoms. The number of benzene rings is 1. The molecule has 1 saturated carbocycles. The van der Waals surface area contributed by atoms with Crippen molar-refractivity contribution in [2.45, 2.75) is 37.8 Å². The summed E-state index contributed by atoms with van der Waals surface area (Å²) in [7, 11) is 0. The van der Waals surface area contributed by atoms with Crippen LogP contribution in [-0.2, 0) is 0 Å². The molecular formula is C13H18N2O2. The number of carboxylic acid groups (broad SMARTS) is 1. The number of hydrogen-bond acceptors (Lipinski definition) is 3. The summed E-state index contributed by atoms with van der Waals surface area (Å²) in [4.78, 5) is 11.1. The van der Waals surface area contributed by atoms with Crippen LogP contribution in [-0.4, -0.2) is 23.2 Å².